The molecule has 132 valence electrons. The molecule has 1 aromatic carbocycles. The fourth-order valence-electron chi connectivity index (χ4n) is 3.18. The smallest absolute Gasteiger partial charge is 0.227 e. The van der Waals surface area contributed by atoms with Gasteiger partial charge in [-0.1, -0.05) is 11.6 Å². The highest BCUT2D eigenvalue weighted by Gasteiger charge is 2.44. The Kier molecular flexibility index (Phi) is 5.78. The van der Waals surface area contributed by atoms with E-state index >= 15 is 0 Å². The van der Waals surface area contributed by atoms with Crippen molar-refractivity contribution in [1.82, 2.24) is 5.32 Å². The molecule has 2 unspecified atom stereocenters. The molecule has 5 nitrogen and oxygen atoms in total. The Bertz CT molecular complexity index is 619. The minimum absolute atomic E-state index is 0. The van der Waals surface area contributed by atoms with E-state index in [2.05, 4.69) is 5.32 Å². The third-order valence-electron chi connectivity index (χ3n) is 4.95. The number of nitrogens with one attached hydrogen (secondary N) is 1. The number of carbonyl (C=O) groups is 2. The summed E-state index contributed by atoms with van der Waals surface area (Å²) >= 11 is 5.88. The van der Waals surface area contributed by atoms with Crippen LogP contribution in [-0.4, -0.2) is 30.4 Å². The van der Waals surface area contributed by atoms with Crippen LogP contribution >= 0.6 is 24.0 Å². The zero-order valence-electron chi connectivity index (χ0n) is 13.6. The summed E-state index contributed by atoms with van der Waals surface area (Å²) in [6.07, 6.45) is 2.45. The fourth-order valence-corrected chi connectivity index (χ4v) is 3.30. The van der Waals surface area contributed by atoms with Crippen molar-refractivity contribution in [1.29, 1.82) is 0 Å². The van der Waals surface area contributed by atoms with Crippen LogP contribution in [0.1, 0.15) is 26.2 Å². The fraction of sp³-hybridized carbons (Fsp3) is 0.529. The molecule has 24 heavy (non-hydrogen) atoms. The van der Waals surface area contributed by atoms with Gasteiger partial charge >= 0.3 is 0 Å². The standard InChI is InChI=1S/C17H22ClN3O2.ClH/c1-17(10-19,12-2-3-12)20-16(23)11-8-15(22)21(9-11)14-6-4-13(18)5-7-14;/h4-7,11-12H,2-3,8-10,19H2,1H3,(H,20,23);1H. The predicted octanol–water partition coefficient (Wildman–Crippen LogP) is 2.36. The van der Waals surface area contributed by atoms with E-state index in [0.29, 0.717) is 24.0 Å². The first-order valence-electron chi connectivity index (χ1n) is 8.01. The number of hydrogen-bond acceptors (Lipinski definition) is 3. The highest BCUT2D eigenvalue weighted by molar-refractivity contribution is 6.30. The molecule has 0 aromatic heterocycles. The van der Waals surface area contributed by atoms with Gasteiger partial charge in [0.2, 0.25) is 11.8 Å². The summed E-state index contributed by atoms with van der Waals surface area (Å²) < 4.78 is 0. The van der Waals surface area contributed by atoms with Crippen molar-refractivity contribution >= 4 is 41.5 Å². The lowest BCUT2D eigenvalue weighted by Crippen LogP contribution is -2.54. The summed E-state index contributed by atoms with van der Waals surface area (Å²) in [5.41, 5.74) is 6.27. The van der Waals surface area contributed by atoms with Gasteiger partial charge in [0.15, 0.2) is 0 Å². The number of carbonyl (C=O) groups excluding carboxylic acids is 2. The third-order valence-corrected chi connectivity index (χ3v) is 5.20. The predicted molar refractivity (Wildman–Crippen MR) is 97.5 cm³/mol. The summed E-state index contributed by atoms with van der Waals surface area (Å²) in [6.45, 7) is 2.82. The molecular weight excluding hydrogens is 349 g/mol. The Balaban J connectivity index is 0.00000208. The van der Waals surface area contributed by atoms with Gasteiger partial charge in [-0.3, -0.25) is 9.59 Å². The SMILES string of the molecule is CC(CN)(NC(=O)C1CC(=O)N(c2ccc(Cl)cc2)C1)C1CC1.Cl. The molecule has 2 atom stereocenters. The summed E-state index contributed by atoms with van der Waals surface area (Å²) in [7, 11) is 0. The maximum absolute atomic E-state index is 12.6. The van der Waals surface area contributed by atoms with Crippen molar-refractivity contribution < 1.29 is 9.59 Å². The molecule has 0 bridgehead atoms. The van der Waals surface area contributed by atoms with Gasteiger partial charge in [0.1, 0.15) is 0 Å². The lowest BCUT2D eigenvalue weighted by molar-refractivity contribution is -0.128. The van der Waals surface area contributed by atoms with Crippen molar-refractivity contribution in [2.24, 2.45) is 17.6 Å². The molecule has 2 fully saturated rings. The van der Waals surface area contributed by atoms with Crippen LogP contribution in [0.4, 0.5) is 5.69 Å². The quantitative estimate of drug-likeness (QED) is 0.833. The highest BCUT2D eigenvalue weighted by Crippen LogP contribution is 2.39. The minimum Gasteiger partial charge on any atom is -0.349 e. The second-order valence-corrected chi connectivity index (χ2v) is 7.20. The second-order valence-electron chi connectivity index (χ2n) is 6.77. The lowest BCUT2D eigenvalue weighted by atomic mass is 9.94. The van der Waals surface area contributed by atoms with Gasteiger partial charge in [-0.25, -0.2) is 0 Å². The number of hydrogen-bond donors (Lipinski definition) is 2. The van der Waals surface area contributed by atoms with E-state index in [4.69, 9.17) is 17.3 Å². The van der Waals surface area contributed by atoms with Crippen molar-refractivity contribution in [3.63, 3.8) is 0 Å². The van der Waals surface area contributed by atoms with Gasteiger partial charge < -0.3 is 16.0 Å². The molecule has 0 spiro atoms. The van der Waals surface area contributed by atoms with E-state index in [1.807, 2.05) is 6.92 Å². The molecule has 1 aliphatic carbocycles. The molecule has 1 aromatic rings. The molecule has 2 aliphatic rings. The van der Waals surface area contributed by atoms with E-state index in [-0.39, 0.29) is 42.1 Å². The van der Waals surface area contributed by atoms with E-state index in [9.17, 15) is 9.59 Å². The molecular formula is C17H23Cl2N3O2. The summed E-state index contributed by atoms with van der Waals surface area (Å²) in [5, 5.41) is 3.71. The molecule has 7 heteroatoms. The first kappa shape index (κ1) is 19.0. The number of halogens is 2. The molecule has 2 amide bonds. The Morgan fingerprint density at radius 1 is 1.38 bits per heavy atom. The van der Waals surface area contributed by atoms with E-state index in [0.717, 1.165) is 18.5 Å². The average molecular weight is 372 g/mol. The molecule has 1 saturated heterocycles. The normalized spacial score (nSPS) is 22.7. The van der Waals surface area contributed by atoms with Crippen LogP contribution in [0, 0.1) is 11.8 Å². The molecule has 3 N–H and O–H groups in total. The molecule has 1 aliphatic heterocycles. The first-order valence-corrected chi connectivity index (χ1v) is 8.39. The van der Waals surface area contributed by atoms with Crippen LogP contribution in [0.5, 0.6) is 0 Å². The van der Waals surface area contributed by atoms with Crippen molar-refractivity contribution in [3.8, 4) is 0 Å². The van der Waals surface area contributed by atoms with Crippen LogP contribution in [0.2, 0.25) is 5.02 Å². The molecule has 1 saturated carbocycles. The van der Waals surface area contributed by atoms with Crippen LogP contribution in [-0.2, 0) is 9.59 Å². The van der Waals surface area contributed by atoms with E-state index in [1.165, 1.54) is 0 Å². The summed E-state index contributed by atoms with van der Waals surface area (Å²) in [5.74, 6) is 0.0201. The number of nitrogens with two attached hydrogens (primary N) is 1. The van der Waals surface area contributed by atoms with Gasteiger partial charge in [0, 0.05) is 30.2 Å². The number of rotatable bonds is 5. The Morgan fingerprint density at radius 2 is 2.00 bits per heavy atom. The number of amides is 2. The van der Waals surface area contributed by atoms with Gasteiger partial charge in [-0.05, 0) is 49.9 Å². The first-order chi connectivity index (χ1) is 10.9. The number of nitrogens with zero attached hydrogens (tertiary/aromatic N) is 1. The van der Waals surface area contributed by atoms with Crippen molar-refractivity contribution in [2.45, 2.75) is 31.7 Å². The minimum atomic E-state index is -0.353. The third kappa shape index (κ3) is 3.85. The highest BCUT2D eigenvalue weighted by atomic mass is 35.5. The monoisotopic (exact) mass is 371 g/mol. The topological polar surface area (TPSA) is 75.4 Å². The Hall–Kier alpha value is -1.30. The zero-order valence-corrected chi connectivity index (χ0v) is 15.2. The van der Waals surface area contributed by atoms with Gasteiger partial charge in [-0.2, -0.15) is 0 Å². The van der Waals surface area contributed by atoms with Crippen LogP contribution in [0.15, 0.2) is 24.3 Å². The molecule has 0 radical (unpaired) electrons. The Labute approximate surface area is 153 Å². The van der Waals surface area contributed by atoms with E-state index in [1.54, 1.807) is 29.2 Å². The summed E-state index contributed by atoms with van der Waals surface area (Å²) in [4.78, 5) is 26.5. The van der Waals surface area contributed by atoms with Gasteiger partial charge in [0.25, 0.3) is 0 Å². The average Bonchev–Trinajstić information content (AvgIpc) is 3.32. The maximum Gasteiger partial charge on any atom is 0.227 e. The maximum atomic E-state index is 12.6. The molecule has 1 heterocycles. The van der Waals surface area contributed by atoms with Gasteiger partial charge in [-0.15, -0.1) is 12.4 Å². The zero-order chi connectivity index (χ0) is 16.6. The van der Waals surface area contributed by atoms with E-state index < -0.39 is 0 Å². The lowest BCUT2D eigenvalue weighted by Gasteiger charge is -2.30. The van der Waals surface area contributed by atoms with Crippen LogP contribution in [0.3, 0.4) is 0 Å². The largest absolute Gasteiger partial charge is 0.349 e. The number of benzene rings is 1. The second kappa shape index (κ2) is 7.30. The van der Waals surface area contributed by atoms with Crippen molar-refractivity contribution in [2.75, 3.05) is 18.0 Å². The van der Waals surface area contributed by atoms with Crippen LogP contribution in [0.25, 0.3) is 0 Å². The van der Waals surface area contributed by atoms with Crippen LogP contribution < -0.4 is 16.0 Å². The Morgan fingerprint density at radius 3 is 2.54 bits per heavy atom. The summed E-state index contributed by atoms with van der Waals surface area (Å²) in [6, 6.07) is 7.09. The van der Waals surface area contributed by atoms with Crippen molar-refractivity contribution in [3.05, 3.63) is 29.3 Å². The number of anilines is 1. The van der Waals surface area contributed by atoms with Gasteiger partial charge in [0.05, 0.1) is 11.5 Å². The molecule has 3 rings (SSSR count).